The number of hydrogen-bond acceptors (Lipinski definition) is 3. The fourth-order valence-electron chi connectivity index (χ4n) is 3.87. The third kappa shape index (κ3) is 3.09. The topological polar surface area (TPSA) is 70.4 Å². The predicted molar refractivity (Wildman–Crippen MR) is 118 cm³/mol. The van der Waals surface area contributed by atoms with Crippen LogP contribution in [0.2, 0.25) is 0 Å². The van der Waals surface area contributed by atoms with Crippen molar-refractivity contribution in [2.75, 3.05) is 0 Å². The number of fused-ring (bicyclic) bond motifs is 1. The number of nitrogens with one attached hydrogen (secondary N) is 1. The normalized spacial score (nSPS) is 11.2. The maximum absolute atomic E-state index is 14.0. The second kappa shape index (κ2) is 7.25. The standard InChI is InChI=1S/C25H18FN3O2/c1-15-21(18-12-13-20(30)19(26)14-18)25(31)29-24(27-15)22(16-8-4-2-5-9-16)23(28-29)17-10-6-3-7-11-17/h2-14,27,30H,1H3. The van der Waals surface area contributed by atoms with E-state index in [0.717, 1.165) is 22.8 Å². The number of aromatic nitrogens is 3. The molecular formula is C25H18FN3O2. The summed E-state index contributed by atoms with van der Waals surface area (Å²) in [6, 6.07) is 23.3. The molecule has 0 aliphatic heterocycles. The van der Waals surface area contributed by atoms with E-state index in [9.17, 15) is 14.3 Å². The molecule has 0 aliphatic rings. The van der Waals surface area contributed by atoms with E-state index in [1.807, 2.05) is 60.7 Å². The van der Waals surface area contributed by atoms with Gasteiger partial charge < -0.3 is 10.1 Å². The fourth-order valence-corrected chi connectivity index (χ4v) is 3.87. The quantitative estimate of drug-likeness (QED) is 0.430. The number of rotatable bonds is 3. The number of aromatic amines is 1. The van der Waals surface area contributed by atoms with Gasteiger partial charge in [0, 0.05) is 11.3 Å². The minimum absolute atomic E-state index is 0.299. The summed E-state index contributed by atoms with van der Waals surface area (Å²) in [5, 5.41) is 14.2. The number of benzene rings is 3. The summed E-state index contributed by atoms with van der Waals surface area (Å²) in [4.78, 5) is 16.8. The van der Waals surface area contributed by atoms with Crippen molar-refractivity contribution in [1.82, 2.24) is 14.6 Å². The molecule has 0 saturated carbocycles. The largest absolute Gasteiger partial charge is 0.505 e. The van der Waals surface area contributed by atoms with Gasteiger partial charge >= 0.3 is 0 Å². The molecule has 0 amide bonds. The number of hydrogen-bond donors (Lipinski definition) is 2. The molecule has 5 nitrogen and oxygen atoms in total. The van der Waals surface area contributed by atoms with Crippen LogP contribution in [0.25, 0.3) is 39.2 Å². The Morgan fingerprint density at radius 1 is 0.871 bits per heavy atom. The third-order valence-electron chi connectivity index (χ3n) is 5.32. The van der Waals surface area contributed by atoms with Gasteiger partial charge in [0.15, 0.2) is 11.6 Å². The van der Waals surface area contributed by atoms with E-state index >= 15 is 0 Å². The maximum Gasteiger partial charge on any atom is 0.282 e. The average molecular weight is 411 g/mol. The molecule has 0 radical (unpaired) electrons. The van der Waals surface area contributed by atoms with Gasteiger partial charge in [-0.05, 0) is 30.2 Å². The average Bonchev–Trinajstić information content (AvgIpc) is 3.17. The second-order valence-electron chi connectivity index (χ2n) is 7.31. The van der Waals surface area contributed by atoms with E-state index in [1.165, 1.54) is 16.6 Å². The molecule has 0 atom stereocenters. The molecule has 5 aromatic rings. The SMILES string of the molecule is Cc1[nH]c2c(-c3ccccc3)c(-c3ccccc3)nn2c(=O)c1-c1ccc(O)c(F)c1. The molecule has 31 heavy (non-hydrogen) atoms. The van der Waals surface area contributed by atoms with Crippen LogP contribution in [0.4, 0.5) is 4.39 Å². The first-order valence-electron chi connectivity index (χ1n) is 9.80. The highest BCUT2D eigenvalue weighted by molar-refractivity contribution is 5.91. The summed E-state index contributed by atoms with van der Waals surface area (Å²) < 4.78 is 15.3. The molecule has 6 heteroatoms. The molecule has 0 bridgehead atoms. The number of H-pyrrole nitrogens is 1. The van der Waals surface area contributed by atoms with E-state index < -0.39 is 11.6 Å². The van der Waals surface area contributed by atoms with Gasteiger partial charge in [-0.25, -0.2) is 4.39 Å². The van der Waals surface area contributed by atoms with Gasteiger partial charge in [0.05, 0.1) is 11.1 Å². The molecule has 0 fully saturated rings. The molecule has 0 aliphatic carbocycles. The lowest BCUT2D eigenvalue weighted by Crippen LogP contribution is -2.19. The Balaban J connectivity index is 1.86. The van der Waals surface area contributed by atoms with Gasteiger partial charge in [-0.2, -0.15) is 9.61 Å². The van der Waals surface area contributed by atoms with Crippen LogP contribution in [0.3, 0.4) is 0 Å². The highest BCUT2D eigenvalue weighted by Gasteiger charge is 2.21. The van der Waals surface area contributed by atoms with Crippen molar-refractivity contribution in [1.29, 1.82) is 0 Å². The van der Waals surface area contributed by atoms with Crippen LogP contribution in [0.1, 0.15) is 5.69 Å². The first-order valence-corrected chi connectivity index (χ1v) is 9.80. The lowest BCUT2D eigenvalue weighted by atomic mass is 10.0. The van der Waals surface area contributed by atoms with Crippen molar-refractivity contribution in [3.05, 3.63) is 101 Å². The number of phenols is 1. The number of aryl methyl sites for hydroxylation is 1. The van der Waals surface area contributed by atoms with Crippen LogP contribution in [0.15, 0.2) is 83.7 Å². The van der Waals surface area contributed by atoms with Gasteiger partial charge in [-0.15, -0.1) is 0 Å². The molecule has 0 unspecified atom stereocenters. The van der Waals surface area contributed by atoms with Crippen molar-refractivity contribution >= 4 is 5.65 Å². The monoisotopic (exact) mass is 411 g/mol. The third-order valence-corrected chi connectivity index (χ3v) is 5.32. The Labute approximate surface area is 177 Å². The lowest BCUT2D eigenvalue weighted by molar-refractivity contribution is 0.432. The van der Waals surface area contributed by atoms with E-state index in [2.05, 4.69) is 10.1 Å². The number of phenolic OH excluding ortho intramolecular Hbond substituents is 1. The molecule has 0 spiro atoms. The molecule has 2 aromatic heterocycles. The molecule has 3 aromatic carbocycles. The van der Waals surface area contributed by atoms with E-state index in [-0.39, 0.29) is 5.56 Å². The molecule has 2 N–H and O–H groups in total. The van der Waals surface area contributed by atoms with E-state index in [0.29, 0.717) is 28.2 Å². The van der Waals surface area contributed by atoms with Gasteiger partial charge in [0.2, 0.25) is 0 Å². The number of nitrogens with zero attached hydrogens (tertiary/aromatic N) is 2. The summed E-state index contributed by atoms with van der Waals surface area (Å²) in [6.07, 6.45) is 0. The van der Waals surface area contributed by atoms with Gasteiger partial charge in [0.1, 0.15) is 11.3 Å². The van der Waals surface area contributed by atoms with Crippen molar-refractivity contribution in [3.63, 3.8) is 0 Å². The summed E-state index contributed by atoms with van der Waals surface area (Å²) in [5.41, 5.74) is 4.75. The first kappa shape index (κ1) is 18.8. The maximum atomic E-state index is 14.0. The van der Waals surface area contributed by atoms with Gasteiger partial charge in [-0.3, -0.25) is 4.79 Å². The van der Waals surface area contributed by atoms with Crippen LogP contribution < -0.4 is 5.56 Å². The van der Waals surface area contributed by atoms with Crippen molar-refractivity contribution < 1.29 is 9.50 Å². The van der Waals surface area contributed by atoms with Crippen molar-refractivity contribution in [2.45, 2.75) is 6.92 Å². The van der Waals surface area contributed by atoms with Crippen LogP contribution in [0.5, 0.6) is 5.75 Å². The Morgan fingerprint density at radius 2 is 1.52 bits per heavy atom. The summed E-state index contributed by atoms with van der Waals surface area (Å²) >= 11 is 0. The molecule has 0 saturated heterocycles. The van der Waals surface area contributed by atoms with Gasteiger partial charge in [-0.1, -0.05) is 66.7 Å². The summed E-state index contributed by atoms with van der Waals surface area (Å²) in [5.74, 6) is -1.25. The number of aromatic hydroxyl groups is 1. The molecular weight excluding hydrogens is 393 g/mol. The molecule has 2 heterocycles. The van der Waals surface area contributed by atoms with Crippen LogP contribution in [-0.2, 0) is 0 Å². The first-order chi connectivity index (χ1) is 15.0. The zero-order valence-corrected chi connectivity index (χ0v) is 16.6. The van der Waals surface area contributed by atoms with Crippen LogP contribution in [0, 0.1) is 12.7 Å². The Bertz CT molecular complexity index is 1470. The van der Waals surface area contributed by atoms with Gasteiger partial charge in [0.25, 0.3) is 5.56 Å². The molecule has 152 valence electrons. The summed E-state index contributed by atoms with van der Waals surface area (Å²) in [6.45, 7) is 1.77. The van der Waals surface area contributed by atoms with E-state index in [4.69, 9.17) is 0 Å². The highest BCUT2D eigenvalue weighted by atomic mass is 19.1. The Hall–Kier alpha value is -4.19. The lowest BCUT2D eigenvalue weighted by Gasteiger charge is -2.08. The van der Waals surface area contributed by atoms with Crippen LogP contribution >= 0.6 is 0 Å². The van der Waals surface area contributed by atoms with Crippen molar-refractivity contribution in [3.8, 4) is 39.3 Å². The van der Waals surface area contributed by atoms with Crippen molar-refractivity contribution in [2.24, 2.45) is 0 Å². The second-order valence-corrected chi connectivity index (χ2v) is 7.31. The minimum atomic E-state index is -0.785. The molecule has 5 rings (SSSR count). The van der Waals surface area contributed by atoms with Crippen LogP contribution in [-0.4, -0.2) is 19.7 Å². The highest BCUT2D eigenvalue weighted by Crippen LogP contribution is 2.34. The zero-order valence-electron chi connectivity index (χ0n) is 16.6. The Morgan fingerprint density at radius 3 is 2.16 bits per heavy atom. The summed E-state index contributed by atoms with van der Waals surface area (Å²) in [7, 11) is 0. The minimum Gasteiger partial charge on any atom is -0.505 e. The Kier molecular flexibility index (Phi) is 4.40. The fraction of sp³-hybridized carbons (Fsp3) is 0.0400. The zero-order chi connectivity index (χ0) is 21.5. The smallest absolute Gasteiger partial charge is 0.282 e. The predicted octanol–water partition coefficient (Wildman–Crippen LogP) is 5.18. The number of halogens is 1. The van der Waals surface area contributed by atoms with E-state index in [1.54, 1.807) is 6.92 Å².